The first-order valence-electron chi connectivity index (χ1n) is 5.68. The molecule has 0 aliphatic heterocycles. The molecule has 0 fully saturated rings. The lowest BCUT2D eigenvalue weighted by atomic mass is 10.0. The number of aliphatic hydroxyl groups is 2. The van der Waals surface area contributed by atoms with Crippen molar-refractivity contribution in [2.45, 2.75) is 26.3 Å². The minimum absolute atomic E-state index is 0.0245. The minimum atomic E-state index is -0.204. The molecule has 0 saturated carbocycles. The molecule has 1 rings (SSSR count). The van der Waals surface area contributed by atoms with E-state index in [2.05, 4.69) is 37.4 Å². The monoisotopic (exact) mass is 223 g/mol. The van der Waals surface area contributed by atoms with Gasteiger partial charge >= 0.3 is 0 Å². The van der Waals surface area contributed by atoms with Crippen LogP contribution in [-0.2, 0) is 6.42 Å². The summed E-state index contributed by atoms with van der Waals surface area (Å²) in [5.74, 6) is 0. The molecule has 0 saturated heterocycles. The Kier molecular flexibility index (Phi) is 5.46. The van der Waals surface area contributed by atoms with Gasteiger partial charge in [-0.15, -0.1) is 0 Å². The molecule has 0 atom stereocenters. The molecular formula is C13H21NO2. The molecule has 3 nitrogen and oxygen atoms in total. The highest BCUT2D eigenvalue weighted by molar-refractivity contribution is 5.30. The summed E-state index contributed by atoms with van der Waals surface area (Å²) in [5.41, 5.74) is 3.88. The second-order valence-electron chi connectivity index (χ2n) is 4.20. The summed E-state index contributed by atoms with van der Waals surface area (Å²) in [6, 6.07) is 6.21. The number of nitrogens with one attached hydrogen (secondary N) is 1. The zero-order chi connectivity index (χ0) is 12.0. The molecule has 16 heavy (non-hydrogen) atoms. The summed E-state index contributed by atoms with van der Waals surface area (Å²) in [6.45, 7) is 4.91. The van der Waals surface area contributed by atoms with Crippen LogP contribution in [0.4, 0.5) is 0 Å². The van der Waals surface area contributed by atoms with Crippen molar-refractivity contribution in [2.24, 2.45) is 0 Å². The van der Waals surface area contributed by atoms with Gasteiger partial charge in [0, 0.05) is 0 Å². The van der Waals surface area contributed by atoms with Gasteiger partial charge in [0.05, 0.1) is 19.3 Å². The van der Waals surface area contributed by atoms with E-state index in [1.165, 1.54) is 16.7 Å². The van der Waals surface area contributed by atoms with Gasteiger partial charge in [-0.05, 0) is 37.9 Å². The van der Waals surface area contributed by atoms with Crippen molar-refractivity contribution in [3.05, 3.63) is 34.9 Å². The third-order valence-electron chi connectivity index (χ3n) is 2.77. The molecule has 0 radical (unpaired) electrons. The molecule has 0 unspecified atom stereocenters. The van der Waals surface area contributed by atoms with Crippen LogP contribution in [0.3, 0.4) is 0 Å². The van der Waals surface area contributed by atoms with Crippen molar-refractivity contribution in [2.75, 3.05) is 19.8 Å². The lowest BCUT2D eigenvalue weighted by Crippen LogP contribution is -2.37. The minimum Gasteiger partial charge on any atom is -0.395 e. The van der Waals surface area contributed by atoms with Gasteiger partial charge in [-0.25, -0.2) is 0 Å². The van der Waals surface area contributed by atoms with Crippen LogP contribution in [0.1, 0.15) is 16.7 Å². The first-order chi connectivity index (χ1) is 7.67. The fourth-order valence-electron chi connectivity index (χ4n) is 1.67. The van der Waals surface area contributed by atoms with E-state index in [9.17, 15) is 0 Å². The van der Waals surface area contributed by atoms with Gasteiger partial charge in [0.15, 0.2) is 0 Å². The molecule has 0 aromatic heterocycles. The van der Waals surface area contributed by atoms with E-state index in [4.69, 9.17) is 10.2 Å². The van der Waals surface area contributed by atoms with E-state index in [0.717, 1.165) is 13.0 Å². The maximum atomic E-state index is 8.90. The molecule has 1 aromatic carbocycles. The fraction of sp³-hybridized carbons (Fsp3) is 0.538. The molecule has 3 N–H and O–H groups in total. The fourth-order valence-corrected chi connectivity index (χ4v) is 1.67. The van der Waals surface area contributed by atoms with Gasteiger partial charge in [0.25, 0.3) is 0 Å². The lowest BCUT2D eigenvalue weighted by Gasteiger charge is -2.14. The van der Waals surface area contributed by atoms with Crippen LogP contribution >= 0.6 is 0 Å². The third kappa shape index (κ3) is 3.93. The van der Waals surface area contributed by atoms with Gasteiger partial charge in [-0.3, -0.25) is 0 Å². The van der Waals surface area contributed by atoms with E-state index in [1.54, 1.807) is 0 Å². The van der Waals surface area contributed by atoms with Crippen LogP contribution in [-0.4, -0.2) is 36.0 Å². The van der Waals surface area contributed by atoms with E-state index >= 15 is 0 Å². The first-order valence-corrected chi connectivity index (χ1v) is 5.68. The summed E-state index contributed by atoms with van der Waals surface area (Å²) in [7, 11) is 0. The third-order valence-corrected chi connectivity index (χ3v) is 2.77. The Morgan fingerprint density at radius 3 is 2.50 bits per heavy atom. The lowest BCUT2D eigenvalue weighted by molar-refractivity contribution is 0.171. The summed E-state index contributed by atoms with van der Waals surface area (Å²) >= 11 is 0. The summed E-state index contributed by atoms with van der Waals surface area (Å²) in [4.78, 5) is 0. The highest BCUT2D eigenvalue weighted by Gasteiger charge is 2.04. The van der Waals surface area contributed by atoms with Gasteiger partial charge < -0.3 is 15.5 Å². The Morgan fingerprint density at radius 2 is 1.88 bits per heavy atom. The van der Waals surface area contributed by atoms with Crippen molar-refractivity contribution in [1.29, 1.82) is 0 Å². The number of hydrogen-bond donors (Lipinski definition) is 3. The van der Waals surface area contributed by atoms with Crippen molar-refractivity contribution >= 4 is 0 Å². The Bertz CT molecular complexity index is 322. The summed E-state index contributed by atoms with van der Waals surface area (Å²) in [6.07, 6.45) is 0.921. The zero-order valence-electron chi connectivity index (χ0n) is 10.0. The normalized spacial score (nSPS) is 11.1. The highest BCUT2D eigenvalue weighted by Crippen LogP contribution is 2.10. The molecular weight excluding hydrogens is 202 g/mol. The molecule has 3 heteroatoms. The van der Waals surface area contributed by atoms with Crippen LogP contribution < -0.4 is 5.32 Å². The Morgan fingerprint density at radius 1 is 1.19 bits per heavy atom. The number of hydrogen-bond acceptors (Lipinski definition) is 3. The van der Waals surface area contributed by atoms with E-state index in [0.29, 0.717) is 0 Å². The number of benzene rings is 1. The average Bonchev–Trinajstić information content (AvgIpc) is 2.29. The summed E-state index contributed by atoms with van der Waals surface area (Å²) < 4.78 is 0. The predicted octanol–water partition coefficient (Wildman–Crippen LogP) is 0.789. The van der Waals surface area contributed by atoms with E-state index in [-0.39, 0.29) is 19.3 Å². The van der Waals surface area contributed by atoms with Crippen LogP contribution in [0, 0.1) is 13.8 Å². The van der Waals surface area contributed by atoms with Crippen LogP contribution in [0.15, 0.2) is 18.2 Å². The Labute approximate surface area is 97.1 Å². The van der Waals surface area contributed by atoms with Crippen molar-refractivity contribution in [3.63, 3.8) is 0 Å². The molecule has 1 aromatic rings. The maximum Gasteiger partial charge on any atom is 0.0607 e. The highest BCUT2D eigenvalue weighted by atomic mass is 16.3. The predicted molar refractivity (Wildman–Crippen MR) is 65.6 cm³/mol. The van der Waals surface area contributed by atoms with Gasteiger partial charge in [0.1, 0.15) is 0 Å². The molecule has 0 heterocycles. The zero-order valence-corrected chi connectivity index (χ0v) is 10.0. The first kappa shape index (κ1) is 13.2. The van der Waals surface area contributed by atoms with E-state index < -0.39 is 0 Å². The van der Waals surface area contributed by atoms with Crippen LogP contribution in [0.2, 0.25) is 0 Å². The van der Waals surface area contributed by atoms with Crippen molar-refractivity contribution < 1.29 is 10.2 Å². The van der Waals surface area contributed by atoms with Gasteiger partial charge in [0.2, 0.25) is 0 Å². The molecule has 0 aliphatic carbocycles. The van der Waals surface area contributed by atoms with Crippen LogP contribution in [0.25, 0.3) is 0 Å². The molecule has 0 aliphatic rings. The second kappa shape index (κ2) is 6.63. The number of aliphatic hydroxyl groups excluding tert-OH is 2. The standard InChI is InChI=1S/C13H21NO2/c1-10-3-4-11(2)12(7-10)5-6-14-13(8-15)9-16/h3-4,7,13-16H,5-6,8-9H2,1-2H3. The molecule has 0 spiro atoms. The molecule has 0 bridgehead atoms. The smallest absolute Gasteiger partial charge is 0.0607 e. The average molecular weight is 223 g/mol. The van der Waals surface area contributed by atoms with E-state index in [1.807, 2.05) is 0 Å². The Hall–Kier alpha value is -0.900. The van der Waals surface area contributed by atoms with Crippen molar-refractivity contribution in [1.82, 2.24) is 5.32 Å². The maximum absolute atomic E-state index is 8.90. The Balaban J connectivity index is 2.45. The largest absolute Gasteiger partial charge is 0.395 e. The van der Waals surface area contributed by atoms with Crippen molar-refractivity contribution in [3.8, 4) is 0 Å². The van der Waals surface area contributed by atoms with Crippen LogP contribution in [0.5, 0.6) is 0 Å². The SMILES string of the molecule is Cc1ccc(C)c(CCNC(CO)CO)c1. The quantitative estimate of drug-likeness (QED) is 0.668. The second-order valence-corrected chi connectivity index (χ2v) is 4.20. The topological polar surface area (TPSA) is 52.5 Å². The number of rotatable bonds is 6. The summed E-state index contributed by atoms with van der Waals surface area (Å²) in [5, 5.41) is 20.9. The molecule has 90 valence electrons. The van der Waals surface area contributed by atoms with Gasteiger partial charge in [-0.1, -0.05) is 23.8 Å². The van der Waals surface area contributed by atoms with Gasteiger partial charge in [-0.2, -0.15) is 0 Å². The molecule has 0 amide bonds. The number of aryl methyl sites for hydroxylation is 2.